The first-order valence-corrected chi connectivity index (χ1v) is 11.8. The minimum atomic E-state index is -0.0856. The molecule has 0 radical (unpaired) electrons. The number of thioether (sulfide) groups is 1. The van der Waals surface area contributed by atoms with Gasteiger partial charge in [-0.15, -0.1) is 10.2 Å². The van der Waals surface area contributed by atoms with Crippen LogP contribution in [0.1, 0.15) is 42.3 Å². The summed E-state index contributed by atoms with van der Waals surface area (Å²) in [4.78, 5) is 12.4. The molecule has 0 spiro atoms. The van der Waals surface area contributed by atoms with Crippen LogP contribution in [0.2, 0.25) is 0 Å². The molecule has 0 bridgehead atoms. The van der Waals surface area contributed by atoms with E-state index in [0.717, 1.165) is 27.0 Å². The first-order chi connectivity index (χ1) is 14.7. The molecule has 1 aromatic heterocycles. The van der Waals surface area contributed by atoms with Gasteiger partial charge >= 0.3 is 0 Å². The van der Waals surface area contributed by atoms with Crippen molar-refractivity contribution in [3.63, 3.8) is 0 Å². The highest BCUT2D eigenvalue weighted by atomic mass is 79.9. The standard InChI is InChI=1S/C23H27BrN4O2S/c1-14(2)18-8-6-15(3)10-20(18)30-12-21-26-27-23(28(21)5)31-13-22(29)25-19-9-7-17(24)11-16(19)4/h6-11,14H,12-13H2,1-5H3,(H,25,29). The van der Waals surface area contributed by atoms with E-state index < -0.39 is 0 Å². The predicted molar refractivity (Wildman–Crippen MR) is 129 cm³/mol. The van der Waals surface area contributed by atoms with E-state index >= 15 is 0 Å². The highest BCUT2D eigenvalue weighted by Crippen LogP contribution is 2.28. The largest absolute Gasteiger partial charge is 0.485 e. The molecule has 1 amide bonds. The van der Waals surface area contributed by atoms with E-state index in [1.807, 2.05) is 36.7 Å². The Kier molecular flexibility index (Phi) is 7.78. The van der Waals surface area contributed by atoms with Gasteiger partial charge in [-0.05, 0) is 60.7 Å². The first kappa shape index (κ1) is 23.3. The number of nitrogens with zero attached hydrogens (tertiary/aromatic N) is 3. The molecule has 0 unspecified atom stereocenters. The van der Waals surface area contributed by atoms with Crippen molar-refractivity contribution >= 4 is 39.3 Å². The van der Waals surface area contributed by atoms with E-state index in [2.05, 4.69) is 70.4 Å². The Morgan fingerprint density at radius 1 is 1.19 bits per heavy atom. The summed E-state index contributed by atoms with van der Waals surface area (Å²) in [5.41, 5.74) is 4.13. The van der Waals surface area contributed by atoms with Gasteiger partial charge in [0.15, 0.2) is 11.0 Å². The molecule has 0 aliphatic carbocycles. The van der Waals surface area contributed by atoms with Crippen LogP contribution >= 0.6 is 27.7 Å². The van der Waals surface area contributed by atoms with Crippen LogP contribution in [0.3, 0.4) is 0 Å². The van der Waals surface area contributed by atoms with Gasteiger partial charge in [0.05, 0.1) is 5.75 Å². The number of halogens is 1. The van der Waals surface area contributed by atoms with Gasteiger partial charge in [0.25, 0.3) is 0 Å². The molecule has 0 aliphatic rings. The number of hydrogen-bond donors (Lipinski definition) is 1. The molecular formula is C23H27BrN4O2S. The Labute approximate surface area is 195 Å². The molecule has 8 heteroatoms. The fourth-order valence-electron chi connectivity index (χ4n) is 3.07. The minimum Gasteiger partial charge on any atom is -0.485 e. The molecule has 6 nitrogen and oxygen atoms in total. The smallest absolute Gasteiger partial charge is 0.234 e. The van der Waals surface area contributed by atoms with Gasteiger partial charge < -0.3 is 14.6 Å². The maximum absolute atomic E-state index is 12.4. The number of carbonyl (C=O) groups is 1. The third-order valence-corrected chi connectivity index (χ3v) is 6.38. The van der Waals surface area contributed by atoms with Gasteiger partial charge in [0, 0.05) is 17.2 Å². The van der Waals surface area contributed by atoms with Crippen molar-refractivity contribution in [3.05, 3.63) is 63.4 Å². The molecule has 1 N–H and O–H groups in total. The summed E-state index contributed by atoms with van der Waals surface area (Å²) in [7, 11) is 1.89. The zero-order valence-corrected chi connectivity index (χ0v) is 20.8. The summed E-state index contributed by atoms with van der Waals surface area (Å²) in [5.74, 6) is 2.11. The third kappa shape index (κ3) is 6.11. The van der Waals surface area contributed by atoms with Gasteiger partial charge in [-0.1, -0.05) is 53.7 Å². The van der Waals surface area contributed by atoms with Crippen molar-refractivity contribution in [1.29, 1.82) is 0 Å². The summed E-state index contributed by atoms with van der Waals surface area (Å²) < 4.78 is 8.92. The second kappa shape index (κ2) is 10.3. The number of anilines is 1. The molecular weight excluding hydrogens is 476 g/mol. The summed E-state index contributed by atoms with van der Waals surface area (Å²) in [6.07, 6.45) is 0. The van der Waals surface area contributed by atoms with Crippen molar-refractivity contribution in [2.24, 2.45) is 7.05 Å². The van der Waals surface area contributed by atoms with Crippen LogP contribution < -0.4 is 10.1 Å². The highest BCUT2D eigenvalue weighted by Gasteiger charge is 2.14. The van der Waals surface area contributed by atoms with E-state index in [0.29, 0.717) is 23.5 Å². The number of ether oxygens (including phenoxy) is 1. The zero-order chi connectivity index (χ0) is 22.5. The quantitative estimate of drug-likeness (QED) is 0.404. The lowest BCUT2D eigenvalue weighted by molar-refractivity contribution is -0.113. The monoisotopic (exact) mass is 502 g/mol. The number of rotatable bonds is 8. The molecule has 0 atom stereocenters. The lowest BCUT2D eigenvalue weighted by atomic mass is 10.0. The lowest BCUT2D eigenvalue weighted by Crippen LogP contribution is -2.15. The maximum atomic E-state index is 12.4. The summed E-state index contributed by atoms with van der Waals surface area (Å²) in [6, 6.07) is 12.0. The highest BCUT2D eigenvalue weighted by molar-refractivity contribution is 9.10. The Bertz CT molecular complexity index is 1080. The van der Waals surface area contributed by atoms with Crippen LogP contribution in [-0.2, 0) is 18.4 Å². The second-order valence-corrected chi connectivity index (χ2v) is 9.60. The first-order valence-electron chi connectivity index (χ1n) is 10.0. The average molecular weight is 503 g/mol. The molecule has 2 aromatic carbocycles. The molecule has 0 saturated heterocycles. The van der Waals surface area contributed by atoms with E-state index in [-0.39, 0.29) is 11.7 Å². The van der Waals surface area contributed by atoms with Crippen LogP contribution in [0.5, 0.6) is 5.75 Å². The van der Waals surface area contributed by atoms with Crippen LogP contribution in [0.4, 0.5) is 5.69 Å². The molecule has 3 aromatic rings. The van der Waals surface area contributed by atoms with Gasteiger partial charge in [0.2, 0.25) is 5.91 Å². The van der Waals surface area contributed by atoms with E-state index in [1.54, 1.807) is 0 Å². The van der Waals surface area contributed by atoms with Crippen LogP contribution in [-0.4, -0.2) is 26.4 Å². The number of nitrogens with one attached hydrogen (secondary N) is 1. The molecule has 3 rings (SSSR count). The van der Waals surface area contributed by atoms with Gasteiger partial charge in [-0.2, -0.15) is 0 Å². The summed E-state index contributed by atoms with van der Waals surface area (Å²) >= 11 is 4.78. The van der Waals surface area contributed by atoms with E-state index in [4.69, 9.17) is 4.74 Å². The van der Waals surface area contributed by atoms with E-state index in [9.17, 15) is 4.79 Å². The Balaban J connectivity index is 1.59. The van der Waals surface area contributed by atoms with Gasteiger partial charge in [-0.3, -0.25) is 4.79 Å². The SMILES string of the molecule is Cc1ccc(C(C)C)c(OCc2nnc(SCC(=O)Nc3ccc(Br)cc3C)n2C)c1. The van der Waals surface area contributed by atoms with Crippen molar-refractivity contribution in [1.82, 2.24) is 14.8 Å². The topological polar surface area (TPSA) is 69.0 Å². The van der Waals surface area contributed by atoms with Crippen LogP contribution in [0.15, 0.2) is 46.0 Å². The normalized spacial score (nSPS) is 11.1. The fraction of sp³-hybridized carbons (Fsp3) is 0.348. The second-order valence-electron chi connectivity index (χ2n) is 7.74. The summed E-state index contributed by atoms with van der Waals surface area (Å²) in [6.45, 7) is 8.62. The van der Waals surface area contributed by atoms with Crippen LogP contribution in [0.25, 0.3) is 0 Å². The molecule has 31 heavy (non-hydrogen) atoms. The molecule has 0 saturated carbocycles. The van der Waals surface area contributed by atoms with Crippen molar-refractivity contribution in [2.45, 2.75) is 45.4 Å². The van der Waals surface area contributed by atoms with Gasteiger partial charge in [-0.25, -0.2) is 0 Å². The van der Waals surface area contributed by atoms with Crippen molar-refractivity contribution in [3.8, 4) is 5.75 Å². The number of amides is 1. The molecule has 1 heterocycles. The molecule has 164 valence electrons. The van der Waals surface area contributed by atoms with E-state index in [1.165, 1.54) is 17.3 Å². The summed E-state index contributed by atoms with van der Waals surface area (Å²) in [5, 5.41) is 12.1. The Morgan fingerprint density at radius 2 is 1.97 bits per heavy atom. The molecule has 0 fully saturated rings. The molecule has 0 aliphatic heterocycles. The minimum absolute atomic E-state index is 0.0856. The van der Waals surface area contributed by atoms with Crippen LogP contribution in [0, 0.1) is 13.8 Å². The fourth-order valence-corrected chi connectivity index (χ4v) is 4.27. The lowest BCUT2D eigenvalue weighted by Gasteiger charge is -2.14. The van der Waals surface area contributed by atoms with Gasteiger partial charge in [0.1, 0.15) is 12.4 Å². The maximum Gasteiger partial charge on any atom is 0.234 e. The van der Waals surface area contributed by atoms with Crippen molar-refractivity contribution < 1.29 is 9.53 Å². The number of hydrogen-bond acceptors (Lipinski definition) is 5. The average Bonchev–Trinajstić information content (AvgIpc) is 3.06. The number of aromatic nitrogens is 3. The predicted octanol–water partition coefficient (Wildman–Crippen LogP) is 5.63. The number of carbonyl (C=O) groups excluding carboxylic acids is 1. The number of benzene rings is 2. The zero-order valence-electron chi connectivity index (χ0n) is 18.4. The Hall–Kier alpha value is -2.32. The third-order valence-electron chi connectivity index (χ3n) is 4.87. The van der Waals surface area contributed by atoms with Crippen molar-refractivity contribution in [2.75, 3.05) is 11.1 Å². The Morgan fingerprint density at radius 3 is 2.68 bits per heavy atom. The number of aryl methyl sites for hydroxylation is 2.